The van der Waals surface area contributed by atoms with Crippen LogP contribution in [-0.2, 0) is 0 Å². The largest absolute Gasteiger partial charge is 0.490 e. The molecule has 1 aromatic heterocycles. The van der Waals surface area contributed by atoms with Crippen LogP contribution in [0, 0.1) is 0 Å². The van der Waals surface area contributed by atoms with Crippen LogP contribution in [0.2, 0.25) is 0 Å². The van der Waals surface area contributed by atoms with Gasteiger partial charge in [-0.1, -0.05) is 40.5 Å². The van der Waals surface area contributed by atoms with Gasteiger partial charge in [-0.25, -0.2) is 4.79 Å². The van der Waals surface area contributed by atoms with E-state index in [2.05, 4.69) is 53.7 Å². The molecule has 1 aromatic carbocycles. The lowest BCUT2D eigenvalue weighted by atomic mass is 10.1. The SMILES string of the molecule is CC(C)=CCC/C(C)=C/COc1c(OC/C=C(\C)CCC=C(C)C)c2c(OC(C)C)cccc2oc1=O. The van der Waals surface area contributed by atoms with E-state index >= 15 is 0 Å². The molecule has 0 aliphatic carbocycles. The standard InChI is InChI=1S/C32H44O5/c1-22(2)12-9-14-25(7)18-20-34-30-29-27(36-24(5)6)16-11-17-28(29)37-32(33)31(30)35-21-19-26(8)15-10-13-23(3)4/h11-13,16-19,24H,9-10,14-15,20-21H2,1-8H3/b25-18+,26-19+. The Bertz CT molecular complexity index is 1200. The maximum absolute atomic E-state index is 12.9. The highest BCUT2D eigenvalue weighted by molar-refractivity contribution is 5.91. The van der Waals surface area contributed by atoms with E-state index in [4.69, 9.17) is 18.6 Å². The summed E-state index contributed by atoms with van der Waals surface area (Å²) in [5.74, 6) is 1.01. The van der Waals surface area contributed by atoms with Gasteiger partial charge in [0.15, 0.2) is 5.75 Å². The summed E-state index contributed by atoms with van der Waals surface area (Å²) in [4.78, 5) is 12.9. The number of hydrogen-bond acceptors (Lipinski definition) is 5. The first-order valence-electron chi connectivity index (χ1n) is 13.2. The minimum atomic E-state index is -0.566. The minimum Gasteiger partial charge on any atom is -0.490 e. The van der Waals surface area contributed by atoms with Crippen LogP contribution in [0.15, 0.2) is 74.0 Å². The topological polar surface area (TPSA) is 57.9 Å². The Balaban J connectivity index is 2.36. The Morgan fingerprint density at radius 2 is 1.35 bits per heavy atom. The molecule has 0 saturated carbocycles. The van der Waals surface area contributed by atoms with Gasteiger partial charge in [-0.05, 0) is 105 Å². The molecule has 202 valence electrons. The molecule has 0 unspecified atom stereocenters. The second kappa shape index (κ2) is 15.1. The van der Waals surface area contributed by atoms with E-state index < -0.39 is 5.63 Å². The third kappa shape index (κ3) is 10.4. The summed E-state index contributed by atoms with van der Waals surface area (Å²) in [6.45, 7) is 17.0. The van der Waals surface area contributed by atoms with E-state index in [1.54, 1.807) is 12.1 Å². The van der Waals surface area contributed by atoms with Crippen molar-refractivity contribution in [1.29, 1.82) is 0 Å². The molecule has 0 spiro atoms. The van der Waals surface area contributed by atoms with E-state index in [1.807, 2.05) is 32.1 Å². The van der Waals surface area contributed by atoms with Crippen molar-refractivity contribution in [3.8, 4) is 17.2 Å². The van der Waals surface area contributed by atoms with Crippen LogP contribution >= 0.6 is 0 Å². The van der Waals surface area contributed by atoms with Gasteiger partial charge in [0.2, 0.25) is 5.75 Å². The zero-order chi connectivity index (χ0) is 27.4. The van der Waals surface area contributed by atoms with Gasteiger partial charge in [0.05, 0.1) is 6.10 Å². The fraction of sp³-hybridized carbons (Fsp3) is 0.469. The van der Waals surface area contributed by atoms with E-state index in [0.717, 1.165) is 25.7 Å². The van der Waals surface area contributed by atoms with E-state index in [9.17, 15) is 4.79 Å². The first-order chi connectivity index (χ1) is 17.6. The number of allylic oxidation sites excluding steroid dienone is 6. The lowest BCUT2D eigenvalue weighted by molar-refractivity contribution is 0.243. The summed E-state index contributed by atoms with van der Waals surface area (Å²) in [6, 6.07) is 5.40. The summed E-state index contributed by atoms with van der Waals surface area (Å²) in [7, 11) is 0. The zero-order valence-electron chi connectivity index (χ0n) is 23.9. The first-order valence-corrected chi connectivity index (χ1v) is 13.2. The smallest absolute Gasteiger partial charge is 0.383 e. The van der Waals surface area contributed by atoms with Gasteiger partial charge in [-0.15, -0.1) is 0 Å². The van der Waals surface area contributed by atoms with Crippen LogP contribution in [0.4, 0.5) is 0 Å². The second-order valence-electron chi connectivity index (χ2n) is 10.2. The van der Waals surface area contributed by atoms with Crippen molar-refractivity contribution in [3.63, 3.8) is 0 Å². The second-order valence-corrected chi connectivity index (χ2v) is 10.2. The lowest BCUT2D eigenvalue weighted by Crippen LogP contribution is -2.12. The van der Waals surface area contributed by atoms with Crippen LogP contribution in [0.1, 0.15) is 81.1 Å². The van der Waals surface area contributed by atoms with Crippen LogP contribution in [0.3, 0.4) is 0 Å². The Hall–Kier alpha value is -3.21. The number of rotatable bonds is 14. The Labute approximate surface area is 222 Å². The number of benzene rings is 1. The van der Waals surface area contributed by atoms with Gasteiger partial charge in [0.1, 0.15) is 29.9 Å². The van der Waals surface area contributed by atoms with Gasteiger partial charge < -0.3 is 18.6 Å². The molecule has 5 nitrogen and oxygen atoms in total. The van der Waals surface area contributed by atoms with Gasteiger partial charge in [-0.3, -0.25) is 0 Å². The molecule has 0 N–H and O–H groups in total. The molecule has 0 aliphatic rings. The van der Waals surface area contributed by atoms with E-state index in [-0.39, 0.29) is 18.5 Å². The summed E-state index contributed by atoms with van der Waals surface area (Å²) >= 11 is 0. The van der Waals surface area contributed by atoms with E-state index in [1.165, 1.54) is 22.3 Å². The fourth-order valence-corrected chi connectivity index (χ4v) is 3.70. The predicted molar refractivity (Wildman–Crippen MR) is 154 cm³/mol. The molecule has 2 rings (SSSR count). The Morgan fingerprint density at radius 1 is 0.811 bits per heavy atom. The van der Waals surface area contributed by atoms with Crippen molar-refractivity contribution in [3.05, 3.63) is 75.2 Å². The average molecular weight is 509 g/mol. The maximum atomic E-state index is 12.9. The van der Waals surface area contributed by atoms with Crippen LogP contribution < -0.4 is 19.8 Å². The molecule has 1 heterocycles. The monoisotopic (exact) mass is 508 g/mol. The third-order valence-corrected chi connectivity index (χ3v) is 5.67. The summed E-state index contributed by atoms with van der Waals surface area (Å²) in [6.07, 6.45) is 12.3. The number of fused-ring (bicyclic) bond motifs is 1. The van der Waals surface area contributed by atoms with E-state index in [0.29, 0.717) is 29.1 Å². The van der Waals surface area contributed by atoms with Crippen LogP contribution in [0.25, 0.3) is 11.0 Å². The molecule has 0 atom stereocenters. The van der Waals surface area contributed by atoms with Gasteiger partial charge >= 0.3 is 5.63 Å². The van der Waals surface area contributed by atoms with Crippen molar-refractivity contribution in [2.75, 3.05) is 13.2 Å². The highest BCUT2D eigenvalue weighted by atomic mass is 16.5. The van der Waals surface area contributed by atoms with Crippen molar-refractivity contribution < 1.29 is 18.6 Å². The third-order valence-electron chi connectivity index (χ3n) is 5.67. The molecule has 0 radical (unpaired) electrons. The van der Waals surface area contributed by atoms with Crippen molar-refractivity contribution in [2.45, 2.75) is 87.2 Å². The van der Waals surface area contributed by atoms with Gasteiger partial charge in [-0.2, -0.15) is 0 Å². The van der Waals surface area contributed by atoms with Gasteiger partial charge in [0, 0.05) is 0 Å². The quantitative estimate of drug-likeness (QED) is 0.189. The molecule has 37 heavy (non-hydrogen) atoms. The predicted octanol–water partition coefficient (Wildman–Crippen LogP) is 8.72. The molecular weight excluding hydrogens is 464 g/mol. The van der Waals surface area contributed by atoms with Crippen LogP contribution in [0.5, 0.6) is 17.2 Å². The minimum absolute atomic E-state index is 0.0571. The molecule has 0 bridgehead atoms. The number of hydrogen-bond donors (Lipinski definition) is 0. The van der Waals surface area contributed by atoms with Crippen molar-refractivity contribution in [2.24, 2.45) is 0 Å². The normalized spacial score (nSPS) is 12.0. The first kappa shape index (κ1) is 30.0. The molecular formula is C32H44O5. The summed E-state index contributed by atoms with van der Waals surface area (Å²) in [5.41, 5.74) is 4.88. The van der Waals surface area contributed by atoms with Crippen molar-refractivity contribution >= 4 is 11.0 Å². The lowest BCUT2D eigenvalue weighted by Gasteiger charge is -2.17. The average Bonchev–Trinajstić information content (AvgIpc) is 2.79. The molecule has 0 amide bonds. The summed E-state index contributed by atoms with van der Waals surface area (Å²) < 4.78 is 23.8. The summed E-state index contributed by atoms with van der Waals surface area (Å²) in [5, 5.41) is 0.602. The molecule has 0 aliphatic heterocycles. The number of ether oxygens (including phenoxy) is 3. The molecule has 0 fully saturated rings. The maximum Gasteiger partial charge on any atom is 0.383 e. The highest BCUT2D eigenvalue weighted by Gasteiger charge is 2.21. The Morgan fingerprint density at radius 3 is 1.86 bits per heavy atom. The molecule has 2 aromatic rings. The van der Waals surface area contributed by atoms with Crippen LogP contribution in [-0.4, -0.2) is 19.3 Å². The molecule has 5 heteroatoms. The van der Waals surface area contributed by atoms with Crippen molar-refractivity contribution in [1.82, 2.24) is 0 Å². The Kier molecular flexibility index (Phi) is 12.3. The fourth-order valence-electron chi connectivity index (χ4n) is 3.70. The highest BCUT2D eigenvalue weighted by Crippen LogP contribution is 2.39. The zero-order valence-corrected chi connectivity index (χ0v) is 23.9. The van der Waals surface area contributed by atoms with Gasteiger partial charge in [0.25, 0.3) is 0 Å². The molecule has 0 saturated heterocycles.